The molecule has 2 heterocycles. The molecule has 5 heteroatoms. The number of carbonyl (C=O) groups is 2. The zero-order valence-electron chi connectivity index (χ0n) is 12.7. The van der Waals surface area contributed by atoms with Crippen LogP contribution in [0.3, 0.4) is 0 Å². The van der Waals surface area contributed by atoms with Crippen molar-refractivity contribution in [1.29, 1.82) is 0 Å². The number of aryl methyl sites for hydroxylation is 1. The molecule has 0 aliphatic carbocycles. The van der Waals surface area contributed by atoms with Gasteiger partial charge in [0.1, 0.15) is 0 Å². The Balaban J connectivity index is 2.14. The predicted molar refractivity (Wildman–Crippen MR) is 78.0 cm³/mol. The molecule has 1 aliphatic rings. The Labute approximate surface area is 119 Å². The SMILES string of the molecule is CCn1c(C)cc(C(=O)CN2CCNC(=O)C2C)c1C. The molecule has 5 nitrogen and oxygen atoms in total. The lowest BCUT2D eigenvalue weighted by molar-refractivity contribution is -0.127. The van der Waals surface area contributed by atoms with E-state index in [1.807, 2.05) is 31.7 Å². The number of aromatic nitrogens is 1. The van der Waals surface area contributed by atoms with Crippen molar-refractivity contribution in [3.63, 3.8) is 0 Å². The van der Waals surface area contributed by atoms with Crippen LogP contribution in [0.2, 0.25) is 0 Å². The highest BCUT2D eigenvalue weighted by molar-refractivity contribution is 5.99. The smallest absolute Gasteiger partial charge is 0.237 e. The molecule has 20 heavy (non-hydrogen) atoms. The van der Waals surface area contributed by atoms with Gasteiger partial charge in [0.2, 0.25) is 5.91 Å². The van der Waals surface area contributed by atoms with Gasteiger partial charge in [-0.15, -0.1) is 0 Å². The largest absolute Gasteiger partial charge is 0.353 e. The quantitative estimate of drug-likeness (QED) is 0.839. The Morgan fingerprint density at radius 1 is 1.45 bits per heavy atom. The fraction of sp³-hybridized carbons (Fsp3) is 0.600. The van der Waals surface area contributed by atoms with Crippen molar-refractivity contribution in [1.82, 2.24) is 14.8 Å². The summed E-state index contributed by atoms with van der Waals surface area (Å²) in [5.74, 6) is 0.0995. The third kappa shape index (κ3) is 2.63. The van der Waals surface area contributed by atoms with Gasteiger partial charge >= 0.3 is 0 Å². The first-order chi connectivity index (χ1) is 9.45. The van der Waals surface area contributed by atoms with Crippen LogP contribution in [0.1, 0.15) is 35.6 Å². The van der Waals surface area contributed by atoms with E-state index < -0.39 is 0 Å². The van der Waals surface area contributed by atoms with Gasteiger partial charge in [-0.1, -0.05) is 0 Å². The van der Waals surface area contributed by atoms with Gasteiger partial charge in [-0.25, -0.2) is 0 Å². The van der Waals surface area contributed by atoms with Crippen molar-refractivity contribution < 1.29 is 9.59 Å². The highest BCUT2D eigenvalue weighted by Crippen LogP contribution is 2.17. The second-order valence-electron chi connectivity index (χ2n) is 5.39. The number of piperazine rings is 1. The van der Waals surface area contributed by atoms with Crippen LogP contribution in [0.25, 0.3) is 0 Å². The molecule has 1 saturated heterocycles. The normalized spacial score (nSPS) is 20.0. The zero-order chi connectivity index (χ0) is 14.9. The van der Waals surface area contributed by atoms with Crippen LogP contribution in [-0.4, -0.2) is 46.8 Å². The molecule has 1 aliphatic heterocycles. The molecule has 0 saturated carbocycles. The van der Waals surface area contributed by atoms with Crippen LogP contribution >= 0.6 is 0 Å². The second-order valence-corrected chi connectivity index (χ2v) is 5.39. The Morgan fingerprint density at radius 3 is 2.75 bits per heavy atom. The van der Waals surface area contributed by atoms with Crippen molar-refractivity contribution in [3.05, 3.63) is 23.0 Å². The van der Waals surface area contributed by atoms with Crippen LogP contribution in [0.4, 0.5) is 0 Å². The van der Waals surface area contributed by atoms with Crippen LogP contribution in [-0.2, 0) is 11.3 Å². The highest BCUT2D eigenvalue weighted by atomic mass is 16.2. The number of hydrogen-bond donors (Lipinski definition) is 1. The van der Waals surface area contributed by atoms with Crippen molar-refractivity contribution >= 4 is 11.7 Å². The van der Waals surface area contributed by atoms with E-state index in [0.29, 0.717) is 13.1 Å². The first-order valence-electron chi connectivity index (χ1n) is 7.17. The lowest BCUT2D eigenvalue weighted by Crippen LogP contribution is -2.55. The van der Waals surface area contributed by atoms with E-state index in [1.165, 1.54) is 0 Å². The number of nitrogens with zero attached hydrogens (tertiary/aromatic N) is 2. The van der Waals surface area contributed by atoms with E-state index in [-0.39, 0.29) is 17.7 Å². The van der Waals surface area contributed by atoms with Gasteiger partial charge in [0.15, 0.2) is 5.78 Å². The average molecular weight is 277 g/mol. The van der Waals surface area contributed by atoms with Gasteiger partial charge in [-0.2, -0.15) is 0 Å². The maximum atomic E-state index is 12.5. The Morgan fingerprint density at radius 2 is 2.15 bits per heavy atom. The summed E-state index contributed by atoms with van der Waals surface area (Å²) in [6.07, 6.45) is 0. The second kappa shape index (κ2) is 5.79. The molecule has 1 unspecified atom stereocenters. The number of Topliss-reactive ketones (excluding diaryl/α,β-unsaturated/α-hetero) is 1. The number of amides is 1. The van der Waals surface area contributed by atoms with Crippen LogP contribution in [0.15, 0.2) is 6.07 Å². The summed E-state index contributed by atoms with van der Waals surface area (Å²) in [6.45, 7) is 10.4. The Bertz CT molecular complexity index is 533. The van der Waals surface area contributed by atoms with Gasteiger partial charge in [-0.3, -0.25) is 14.5 Å². The van der Waals surface area contributed by atoms with Crippen LogP contribution in [0.5, 0.6) is 0 Å². The number of rotatable bonds is 4. The predicted octanol–water partition coefficient (Wildman–Crippen LogP) is 1.13. The minimum absolute atomic E-state index is 0.00285. The summed E-state index contributed by atoms with van der Waals surface area (Å²) < 4.78 is 2.14. The molecule has 0 radical (unpaired) electrons. The van der Waals surface area contributed by atoms with E-state index in [9.17, 15) is 9.59 Å². The summed E-state index contributed by atoms with van der Waals surface area (Å²) >= 11 is 0. The maximum absolute atomic E-state index is 12.5. The Hall–Kier alpha value is -1.62. The molecule has 1 aromatic rings. The van der Waals surface area contributed by atoms with E-state index in [1.54, 1.807) is 0 Å². The van der Waals surface area contributed by atoms with E-state index in [4.69, 9.17) is 0 Å². The standard InChI is InChI=1S/C15H23N3O2/c1-5-18-10(2)8-13(11(18)3)14(19)9-17-7-6-16-15(20)12(17)4/h8,12H,5-7,9H2,1-4H3,(H,16,20). The van der Waals surface area contributed by atoms with Crippen molar-refractivity contribution in [2.75, 3.05) is 19.6 Å². The van der Waals surface area contributed by atoms with Crippen molar-refractivity contribution in [3.8, 4) is 0 Å². The summed E-state index contributed by atoms with van der Waals surface area (Å²) in [4.78, 5) is 26.1. The molecule has 1 fully saturated rings. The molecule has 110 valence electrons. The number of carbonyl (C=O) groups excluding carboxylic acids is 2. The molecule has 2 rings (SSSR count). The molecule has 1 N–H and O–H groups in total. The lowest BCUT2D eigenvalue weighted by Gasteiger charge is -2.32. The van der Waals surface area contributed by atoms with Crippen LogP contribution in [0, 0.1) is 13.8 Å². The zero-order valence-corrected chi connectivity index (χ0v) is 12.7. The minimum atomic E-state index is -0.234. The summed E-state index contributed by atoms with van der Waals surface area (Å²) in [6, 6.07) is 1.72. The Kier molecular flexibility index (Phi) is 4.28. The molecule has 1 amide bonds. The topological polar surface area (TPSA) is 54.3 Å². The monoisotopic (exact) mass is 277 g/mol. The fourth-order valence-electron chi connectivity index (χ4n) is 2.89. The molecular formula is C15H23N3O2. The summed E-state index contributed by atoms with van der Waals surface area (Å²) in [5, 5.41) is 2.81. The molecule has 0 bridgehead atoms. The molecule has 1 atom stereocenters. The maximum Gasteiger partial charge on any atom is 0.237 e. The average Bonchev–Trinajstić information content (AvgIpc) is 2.70. The lowest BCUT2D eigenvalue weighted by atomic mass is 10.1. The third-order valence-corrected chi connectivity index (χ3v) is 4.16. The fourth-order valence-corrected chi connectivity index (χ4v) is 2.89. The van der Waals surface area contributed by atoms with Gasteiger partial charge in [0.25, 0.3) is 0 Å². The van der Waals surface area contributed by atoms with Crippen molar-refractivity contribution in [2.24, 2.45) is 0 Å². The molecule has 1 aromatic heterocycles. The molecule has 0 aromatic carbocycles. The van der Waals surface area contributed by atoms with Gasteiger partial charge in [0.05, 0.1) is 12.6 Å². The van der Waals surface area contributed by atoms with E-state index in [0.717, 1.165) is 30.0 Å². The summed E-state index contributed by atoms with van der Waals surface area (Å²) in [5.41, 5.74) is 2.91. The van der Waals surface area contributed by atoms with Gasteiger partial charge in [-0.05, 0) is 33.8 Å². The number of nitrogens with one attached hydrogen (secondary N) is 1. The minimum Gasteiger partial charge on any atom is -0.353 e. The number of hydrogen-bond acceptors (Lipinski definition) is 3. The van der Waals surface area contributed by atoms with Crippen molar-refractivity contribution in [2.45, 2.75) is 40.3 Å². The first-order valence-corrected chi connectivity index (χ1v) is 7.17. The first kappa shape index (κ1) is 14.8. The molecule has 0 spiro atoms. The van der Waals surface area contributed by atoms with Gasteiger partial charge < -0.3 is 9.88 Å². The number of ketones is 1. The third-order valence-electron chi connectivity index (χ3n) is 4.16. The van der Waals surface area contributed by atoms with Crippen LogP contribution < -0.4 is 5.32 Å². The highest BCUT2D eigenvalue weighted by Gasteiger charge is 2.28. The van der Waals surface area contributed by atoms with E-state index in [2.05, 4.69) is 16.8 Å². The van der Waals surface area contributed by atoms with Gasteiger partial charge in [0, 0.05) is 36.6 Å². The summed E-state index contributed by atoms with van der Waals surface area (Å²) in [7, 11) is 0. The van der Waals surface area contributed by atoms with E-state index >= 15 is 0 Å². The molecular weight excluding hydrogens is 254 g/mol.